The molecule has 1 aromatic rings. The number of likely N-dealkylation sites (N-methyl/N-ethyl adjacent to an activating group) is 1. The van der Waals surface area contributed by atoms with E-state index >= 15 is 0 Å². The van der Waals surface area contributed by atoms with Crippen molar-refractivity contribution >= 4 is 11.6 Å². The van der Waals surface area contributed by atoms with E-state index in [-0.39, 0.29) is 44.2 Å². The minimum absolute atomic E-state index is 0. The molecule has 1 aromatic carbocycles. The Balaban J connectivity index is 0.00000288. The Bertz CT molecular complexity index is 562. The second kappa shape index (κ2) is 8.29. The largest absolute Gasteiger partial charge is 0.497 e. The van der Waals surface area contributed by atoms with Crippen LogP contribution in [0.3, 0.4) is 0 Å². The van der Waals surface area contributed by atoms with Gasteiger partial charge in [-0.2, -0.15) is 0 Å². The summed E-state index contributed by atoms with van der Waals surface area (Å²) in [4.78, 5) is 13.1. The molecule has 0 heterocycles. The minimum atomic E-state index is -0.239. The number of carbonyl (C=O) groups excluding carboxylic acids is 1. The smallest absolute Gasteiger partial charge is 0.285 e. The van der Waals surface area contributed by atoms with Crippen LogP contribution in [0, 0.1) is 13.8 Å². The Hall–Kier alpha value is -0.446. The molecule has 1 fully saturated rings. The van der Waals surface area contributed by atoms with Gasteiger partial charge in [-0.3, -0.25) is 4.79 Å². The standard InChI is InChI=1S/C19H30N2O2.Y/c1-7-21(8-2,9-3)19(10-11-19)18(22)20-17-14(4)12-16(23-6)13-15(17)5;/h12-13H,7-11H2,1-6H3;/p+1. The number of anilines is 1. The van der Waals surface area contributed by atoms with E-state index in [0.29, 0.717) is 0 Å². The van der Waals surface area contributed by atoms with Gasteiger partial charge in [0.05, 0.1) is 26.7 Å². The van der Waals surface area contributed by atoms with Crippen molar-refractivity contribution in [2.24, 2.45) is 0 Å². The maximum Gasteiger partial charge on any atom is 0.285 e. The van der Waals surface area contributed by atoms with Crippen LogP contribution in [0.5, 0.6) is 5.75 Å². The number of benzene rings is 1. The molecule has 131 valence electrons. The third-order valence-electron chi connectivity index (χ3n) is 5.85. The van der Waals surface area contributed by atoms with Crippen LogP contribution in [0.1, 0.15) is 44.7 Å². The summed E-state index contributed by atoms with van der Waals surface area (Å²) >= 11 is 0. The van der Waals surface area contributed by atoms with Crippen LogP contribution in [0.15, 0.2) is 12.1 Å². The third kappa shape index (κ3) is 3.56. The van der Waals surface area contributed by atoms with Gasteiger partial charge in [-0.25, -0.2) is 0 Å². The molecule has 24 heavy (non-hydrogen) atoms. The summed E-state index contributed by atoms with van der Waals surface area (Å²) in [6.45, 7) is 13.6. The number of nitrogens with zero attached hydrogens (tertiary/aromatic N) is 1. The van der Waals surface area contributed by atoms with Crippen molar-refractivity contribution in [3.63, 3.8) is 0 Å². The van der Waals surface area contributed by atoms with Crippen LogP contribution >= 0.6 is 0 Å². The Morgan fingerprint density at radius 2 is 1.58 bits per heavy atom. The van der Waals surface area contributed by atoms with E-state index in [0.717, 1.165) is 59.5 Å². The second-order valence-corrected chi connectivity index (χ2v) is 6.72. The Kier molecular flexibility index (Phi) is 7.46. The predicted octanol–water partition coefficient (Wildman–Crippen LogP) is 3.66. The fourth-order valence-electron chi connectivity index (χ4n) is 4.08. The number of carbonyl (C=O) groups is 1. The molecule has 1 aliphatic rings. The molecule has 0 atom stereocenters. The Labute approximate surface area is 171 Å². The van der Waals surface area contributed by atoms with Gasteiger partial charge in [0, 0.05) is 51.2 Å². The molecule has 1 amide bonds. The van der Waals surface area contributed by atoms with Gasteiger partial charge in [-0.05, 0) is 57.9 Å². The molecule has 5 heteroatoms. The number of amides is 1. The molecule has 1 saturated carbocycles. The molecule has 2 rings (SSSR count). The number of hydrogen-bond donors (Lipinski definition) is 1. The normalized spacial score (nSPS) is 15.4. The van der Waals surface area contributed by atoms with Crippen molar-refractivity contribution in [2.45, 2.75) is 53.0 Å². The molecule has 0 bridgehead atoms. The Morgan fingerprint density at radius 3 is 1.92 bits per heavy atom. The number of quaternary nitrogens is 1. The van der Waals surface area contributed by atoms with E-state index in [4.69, 9.17) is 4.74 Å². The first-order valence-electron chi connectivity index (χ1n) is 8.72. The van der Waals surface area contributed by atoms with E-state index in [1.165, 1.54) is 0 Å². The molecular weight excluding hydrogens is 377 g/mol. The number of rotatable bonds is 7. The first-order valence-corrected chi connectivity index (χ1v) is 8.72. The molecule has 1 radical (unpaired) electrons. The fraction of sp³-hybridized carbons (Fsp3) is 0.632. The van der Waals surface area contributed by atoms with Gasteiger partial charge >= 0.3 is 0 Å². The fourth-order valence-corrected chi connectivity index (χ4v) is 4.08. The predicted molar refractivity (Wildman–Crippen MR) is 94.9 cm³/mol. The van der Waals surface area contributed by atoms with Gasteiger partial charge in [-0.1, -0.05) is 0 Å². The summed E-state index contributed by atoms with van der Waals surface area (Å²) in [5.41, 5.74) is 2.79. The number of methoxy groups -OCH3 is 1. The van der Waals surface area contributed by atoms with E-state index in [1.54, 1.807) is 7.11 Å². The average molecular weight is 408 g/mol. The van der Waals surface area contributed by atoms with Crippen molar-refractivity contribution in [1.82, 2.24) is 0 Å². The maximum atomic E-state index is 13.1. The molecule has 0 aromatic heterocycles. The van der Waals surface area contributed by atoms with Gasteiger partial charge in [0.25, 0.3) is 5.91 Å². The molecule has 0 saturated heterocycles. The summed E-state index contributed by atoms with van der Waals surface area (Å²) in [5.74, 6) is 1.01. The molecule has 1 N–H and O–H groups in total. The van der Waals surface area contributed by atoms with E-state index in [9.17, 15) is 4.79 Å². The quantitative estimate of drug-likeness (QED) is 0.700. The zero-order valence-electron chi connectivity index (χ0n) is 16.0. The SMILES string of the molecule is CC[N+](CC)(CC)C1(C(=O)Nc2c(C)cc(OC)cc2C)CC1.[Y]. The number of aryl methyl sites for hydroxylation is 2. The van der Waals surface area contributed by atoms with Crippen molar-refractivity contribution in [2.75, 3.05) is 32.1 Å². The minimum Gasteiger partial charge on any atom is -0.497 e. The summed E-state index contributed by atoms with van der Waals surface area (Å²) < 4.78 is 6.19. The molecule has 0 unspecified atom stereocenters. The van der Waals surface area contributed by atoms with Crippen LogP contribution in [0.2, 0.25) is 0 Å². The van der Waals surface area contributed by atoms with Crippen LogP contribution in [0.4, 0.5) is 5.69 Å². The van der Waals surface area contributed by atoms with Gasteiger partial charge in [-0.15, -0.1) is 0 Å². The monoisotopic (exact) mass is 408 g/mol. The Morgan fingerprint density at radius 1 is 1.12 bits per heavy atom. The molecular formula is C19H31N2O2Y+. The maximum absolute atomic E-state index is 13.1. The summed E-state index contributed by atoms with van der Waals surface area (Å²) in [5, 5.41) is 3.23. The molecule has 0 spiro atoms. The average Bonchev–Trinajstić information content (AvgIpc) is 3.35. The zero-order chi connectivity index (χ0) is 17.3. The van der Waals surface area contributed by atoms with Crippen molar-refractivity contribution in [3.05, 3.63) is 23.3 Å². The number of ether oxygens (including phenoxy) is 1. The van der Waals surface area contributed by atoms with E-state index in [2.05, 4.69) is 26.1 Å². The van der Waals surface area contributed by atoms with Gasteiger partial charge in [0.15, 0.2) is 5.54 Å². The first kappa shape index (κ1) is 21.6. The van der Waals surface area contributed by atoms with E-state index < -0.39 is 0 Å². The zero-order valence-corrected chi connectivity index (χ0v) is 18.9. The van der Waals surface area contributed by atoms with E-state index in [1.807, 2.05) is 26.0 Å². The van der Waals surface area contributed by atoms with Gasteiger partial charge < -0.3 is 14.5 Å². The van der Waals surface area contributed by atoms with Crippen molar-refractivity contribution in [3.8, 4) is 5.75 Å². The number of hydrogen-bond acceptors (Lipinski definition) is 2. The van der Waals surface area contributed by atoms with Gasteiger partial charge in [0.2, 0.25) is 0 Å². The van der Waals surface area contributed by atoms with Crippen LogP contribution in [-0.2, 0) is 37.5 Å². The molecule has 1 aliphatic carbocycles. The van der Waals surface area contributed by atoms with Gasteiger partial charge in [0.1, 0.15) is 5.75 Å². The molecule has 0 aliphatic heterocycles. The topological polar surface area (TPSA) is 38.3 Å². The summed E-state index contributed by atoms with van der Waals surface area (Å²) in [7, 11) is 1.67. The second-order valence-electron chi connectivity index (χ2n) is 6.72. The number of nitrogens with one attached hydrogen (secondary N) is 1. The van der Waals surface area contributed by atoms with Crippen molar-refractivity contribution < 1.29 is 46.7 Å². The first-order chi connectivity index (χ1) is 10.9. The van der Waals surface area contributed by atoms with Crippen LogP contribution < -0.4 is 10.1 Å². The summed E-state index contributed by atoms with van der Waals surface area (Å²) in [6.07, 6.45) is 1.98. The molecule has 4 nitrogen and oxygen atoms in total. The summed E-state index contributed by atoms with van der Waals surface area (Å²) in [6, 6.07) is 3.95. The van der Waals surface area contributed by atoms with Crippen molar-refractivity contribution in [1.29, 1.82) is 0 Å². The third-order valence-corrected chi connectivity index (χ3v) is 5.85. The van der Waals surface area contributed by atoms with Crippen LogP contribution in [-0.4, -0.2) is 42.7 Å². The van der Waals surface area contributed by atoms with Crippen LogP contribution in [0.25, 0.3) is 0 Å².